The number of phenolic OH excluding ortho intramolecular Hbond substituents is 4. The van der Waals surface area contributed by atoms with E-state index in [1.165, 1.54) is 0 Å². The van der Waals surface area contributed by atoms with Crippen molar-refractivity contribution in [1.82, 2.24) is 0 Å². The summed E-state index contributed by atoms with van der Waals surface area (Å²) in [6.07, 6.45) is 0. The van der Waals surface area contributed by atoms with Crippen LogP contribution >= 0.6 is 12.6 Å². The minimum absolute atomic E-state index is 0.248. The van der Waals surface area contributed by atoms with Crippen molar-refractivity contribution in [1.29, 1.82) is 0 Å². The largest absolute Gasteiger partial charge is 0.504 e. The molecule has 0 saturated carbocycles. The Morgan fingerprint density at radius 3 is 1.64 bits per heavy atom. The zero-order chi connectivity index (χ0) is 8.59. The van der Waals surface area contributed by atoms with Gasteiger partial charge in [-0.15, -0.1) is 12.6 Å². The summed E-state index contributed by atoms with van der Waals surface area (Å²) in [7, 11) is 0. The van der Waals surface area contributed by atoms with Crippen molar-refractivity contribution >= 4 is 12.6 Å². The second kappa shape index (κ2) is 2.43. The molecular formula is C6H6O4S. The van der Waals surface area contributed by atoms with Gasteiger partial charge in [0.05, 0.1) is 4.90 Å². The van der Waals surface area contributed by atoms with E-state index >= 15 is 0 Å². The number of aromatic hydroxyl groups is 4. The van der Waals surface area contributed by atoms with Crippen molar-refractivity contribution < 1.29 is 20.4 Å². The molecule has 0 aliphatic carbocycles. The van der Waals surface area contributed by atoms with Crippen molar-refractivity contribution in [2.75, 3.05) is 0 Å². The maximum Gasteiger partial charge on any atom is 0.175 e. The molecule has 0 spiro atoms. The highest BCUT2D eigenvalue weighted by molar-refractivity contribution is 7.80. The monoisotopic (exact) mass is 174 g/mol. The van der Waals surface area contributed by atoms with Crippen LogP contribution in [0.3, 0.4) is 0 Å². The van der Waals surface area contributed by atoms with E-state index in [1.54, 1.807) is 0 Å². The van der Waals surface area contributed by atoms with Gasteiger partial charge in [0, 0.05) is 6.07 Å². The third kappa shape index (κ3) is 1.14. The van der Waals surface area contributed by atoms with Crippen LogP contribution in [0.15, 0.2) is 11.0 Å². The number of thiol groups is 1. The van der Waals surface area contributed by atoms with Gasteiger partial charge in [0.25, 0.3) is 0 Å². The Morgan fingerprint density at radius 2 is 1.27 bits per heavy atom. The van der Waals surface area contributed by atoms with Gasteiger partial charge in [-0.2, -0.15) is 0 Å². The highest BCUT2D eigenvalue weighted by Crippen LogP contribution is 2.43. The molecule has 1 rings (SSSR count). The zero-order valence-electron chi connectivity index (χ0n) is 5.31. The molecule has 1 aromatic rings. The van der Waals surface area contributed by atoms with Gasteiger partial charge < -0.3 is 20.4 Å². The van der Waals surface area contributed by atoms with E-state index in [2.05, 4.69) is 12.6 Å². The Labute approximate surface area is 67.8 Å². The van der Waals surface area contributed by atoms with Gasteiger partial charge in [0.15, 0.2) is 23.0 Å². The van der Waals surface area contributed by atoms with Crippen LogP contribution in [0.5, 0.6) is 23.0 Å². The first-order chi connectivity index (χ1) is 5.04. The SMILES string of the molecule is Oc1cc(O)c(O)c(S)c1O. The molecule has 60 valence electrons. The number of hydrogen-bond donors (Lipinski definition) is 5. The third-order valence-corrected chi connectivity index (χ3v) is 1.63. The van der Waals surface area contributed by atoms with Gasteiger partial charge in [0.1, 0.15) is 0 Å². The van der Waals surface area contributed by atoms with Gasteiger partial charge >= 0.3 is 0 Å². The van der Waals surface area contributed by atoms with E-state index in [9.17, 15) is 0 Å². The van der Waals surface area contributed by atoms with Gasteiger partial charge in [-0.3, -0.25) is 0 Å². The minimum Gasteiger partial charge on any atom is -0.504 e. The Morgan fingerprint density at radius 1 is 0.909 bits per heavy atom. The lowest BCUT2D eigenvalue weighted by Gasteiger charge is -2.04. The van der Waals surface area contributed by atoms with E-state index in [4.69, 9.17) is 20.4 Å². The first-order valence-electron chi connectivity index (χ1n) is 2.70. The average molecular weight is 174 g/mol. The fraction of sp³-hybridized carbons (Fsp3) is 0. The van der Waals surface area contributed by atoms with Crippen molar-refractivity contribution in [2.45, 2.75) is 4.90 Å². The van der Waals surface area contributed by atoms with Crippen molar-refractivity contribution in [2.24, 2.45) is 0 Å². The van der Waals surface area contributed by atoms with Crippen LogP contribution < -0.4 is 0 Å². The lowest BCUT2D eigenvalue weighted by Crippen LogP contribution is -1.75. The molecule has 0 atom stereocenters. The van der Waals surface area contributed by atoms with Crippen LogP contribution in [-0.2, 0) is 0 Å². The molecule has 0 amide bonds. The highest BCUT2D eigenvalue weighted by atomic mass is 32.1. The van der Waals surface area contributed by atoms with E-state index in [1.807, 2.05) is 0 Å². The van der Waals surface area contributed by atoms with Crippen LogP contribution in [0.25, 0.3) is 0 Å². The molecule has 0 fully saturated rings. The lowest BCUT2D eigenvalue weighted by atomic mass is 10.3. The highest BCUT2D eigenvalue weighted by Gasteiger charge is 2.12. The summed E-state index contributed by atoms with van der Waals surface area (Å²) >= 11 is 3.63. The van der Waals surface area contributed by atoms with Crippen LogP contribution in [0.2, 0.25) is 0 Å². The molecule has 0 radical (unpaired) electrons. The summed E-state index contributed by atoms with van der Waals surface area (Å²) < 4.78 is 0. The summed E-state index contributed by atoms with van der Waals surface area (Å²) in [5.74, 6) is -2.15. The summed E-state index contributed by atoms with van der Waals surface area (Å²) in [6, 6.07) is 0.824. The molecule has 0 heterocycles. The standard InChI is InChI=1S/C6H6O4S/c7-2-1-3(8)5(10)6(11)4(2)9/h1,7-11H. The molecule has 11 heavy (non-hydrogen) atoms. The summed E-state index contributed by atoms with van der Waals surface area (Å²) in [4.78, 5) is -0.248. The number of rotatable bonds is 0. The molecule has 4 N–H and O–H groups in total. The van der Waals surface area contributed by atoms with Gasteiger partial charge in [0.2, 0.25) is 0 Å². The number of hydrogen-bond acceptors (Lipinski definition) is 5. The Kier molecular flexibility index (Phi) is 1.74. The summed E-state index contributed by atoms with van der Waals surface area (Å²) in [5, 5.41) is 35.5. The summed E-state index contributed by atoms with van der Waals surface area (Å²) in [5.41, 5.74) is 0. The Balaban J connectivity index is 3.46. The van der Waals surface area contributed by atoms with E-state index in [0.717, 1.165) is 6.07 Å². The maximum atomic E-state index is 8.91. The molecule has 0 aliphatic rings. The number of benzene rings is 1. The first kappa shape index (κ1) is 7.87. The van der Waals surface area contributed by atoms with E-state index in [0.29, 0.717) is 0 Å². The van der Waals surface area contributed by atoms with Gasteiger partial charge in [-0.25, -0.2) is 0 Å². The second-order valence-corrected chi connectivity index (χ2v) is 2.41. The fourth-order valence-corrected chi connectivity index (χ4v) is 0.850. The van der Waals surface area contributed by atoms with Crippen LogP contribution in [-0.4, -0.2) is 20.4 Å². The van der Waals surface area contributed by atoms with Crippen molar-refractivity contribution in [3.63, 3.8) is 0 Å². The predicted octanol–water partition coefficient (Wildman–Crippen LogP) is 0.798. The van der Waals surface area contributed by atoms with Gasteiger partial charge in [-0.1, -0.05) is 0 Å². The first-order valence-corrected chi connectivity index (χ1v) is 3.14. The Hall–Kier alpha value is -1.23. The van der Waals surface area contributed by atoms with Crippen molar-refractivity contribution in [3.8, 4) is 23.0 Å². The maximum absolute atomic E-state index is 8.91. The quantitative estimate of drug-likeness (QED) is 0.229. The van der Waals surface area contributed by atoms with Crippen molar-refractivity contribution in [3.05, 3.63) is 6.07 Å². The molecule has 0 aromatic heterocycles. The van der Waals surface area contributed by atoms with E-state index < -0.39 is 23.0 Å². The lowest BCUT2D eigenvalue weighted by molar-refractivity contribution is 0.358. The molecule has 1 aromatic carbocycles. The van der Waals surface area contributed by atoms with Crippen LogP contribution in [0, 0.1) is 0 Å². The molecule has 0 saturated heterocycles. The van der Waals surface area contributed by atoms with Crippen LogP contribution in [0.1, 0.15) is 0 Å². The molecule has 0 bridgehead atoms. The molecule has 0 unspecified atom stereocenters. The third-order valence-electron chi connectivity index (χ3n) is 1.21. The minimum atomic E-state index is -0.552. The average Bonchev–Trinajstić information content (AvgIpc) is 1.97. The molecule has 4 nitrogen and oxygen atoms in total. The molecular weight excluding hydrogens is 168 g/mol. The number of phenols is 4. The zero-order valence-corrected chi connectivity index (χ0v) is 6.21. The molecule has 5 heteroatoms. The Bertz CT molecular complexity index is 271. The second-order valence-electron chi connectivity index (χ2n) is 1.96. The van der Waals surface area contributed by atoms with Crippen LogP contribution in [0.4, 0.5) is 0 Å². The van der Waals surface area contributed by atoms with E-state index in [-0.39, 0.29) is 4.90 Å². The normalized spacial score (nSPS) is 9.91. The smallest absolute Gasteiger partial charge is 0.175 e. The summed E-state index contributed by atoms with van der Waals surface area (Å²) in [6.45, 7) is 0. The predicted molar refractivity (Wildman–Crippen MR) is 40.4 cm³/mol. The fourth-order valence-electron chi connectivity index (χ4n) is 0.621. The van der Waals surface area contributed by atoms with Gasteiger partial charge in [-0.05, 0) is 0 Å². The molecule has 0 aliphatic heterocycles. The topological polar surface area (TPSA) is 80.9 Å².